The number of amidine groups is 1. The van der Waals surface area contributed by atoms with Gasteiger partial charge >= 0.3 is 0 Å². The minimum atomic E-state index is -4.08. The Hall–Kier alpha value is -2.90. The lowest BCUT2D eigenvalue weighted by Gasteiger charge is -2.39. The summed E-state index contributed by atoms with van der Waals surface area (Å²) in [6, 6.07) is 11.1. The fourth-order valence-electron chi connectivity index (χ4n) is 4.37. The lowest BCUT2D eigenvalue weighted by molar-refractivity contribution is -0.120. The van der Waals surface area contributed by atoms with E-state index in [1.165, 1.54) is 18.2 Å². The van der Waals surface area contributed by atoms with Gasteiger partial charge in [0.05, 0.1) is 16.8 Å². The van der Waals surface area contributed by atoms with Crippen LogP contribution >= 0.6 is 10.8 Å². The minimum Gasteiger partial charge on any atom is -0.506 e. The lowest BCUT2D eigenvalue weighted by Crippen LogP contribution is -2.42. The highest BCUT2D eigenvalue weighted by Crippen LogP contribution is 2.57. The molecule has 0 fully saturated rings. The number of aliphatic hydroxyl groups is 1. The molecule has 35 heavy (non-hydrogen) atoms. The molecular formula is C23H28N4O6S2. The van der Waals surface area contributed by atoms with E-state index in [4.69, 9.17) is 5.14 Å². The van der Waals surface area contributed by atoms with Crippen LogP contribution in [-0.2, 0) is 20.4 Å². The number of carbonyl (C=O) groups excluding carboxylic acids is 1. The molecule has 2 aromatic rings. The number of fused-ring (bicyclic) bond motifs is 2. The van der Waals surface area contributed by atoms with E-state index in [0.717, 1.165) is 6.42 Å². The number of rotatable bonds is 6. The Labute approximate surface area is 205 Å². The molecule has 0 unspecified atom stereocenters. The van der Waals surface area contributed by atoms with E-state index < -0.39 is 26.4 Å². The van der Waals surface area contributed by atoms with Crippen LogP contribution in [0.15, 0.2) is 57.3 Å². The largest absolute Gasteiger partial charge is 0.506 e. The van der Waals surface area contributed by atoms with E-state index in [9.17, 15) is 27.4 Å². The first-order chi connectivity index (χ1) is 16.2. The van der Waals surface area contributed by atoms with Gasteiger partial charge in [0.1, 0.15) is 16.2 Å². The molecule has 2 aromatic carbocycles. The van der Waals surface area contributed by atoms with Crippen LogP contribution in [0.2, 0.25) is 0 Å². The van der Waals surface area contributed by atoms with Crippen molar-refractivity contribution in [3.05, 3.63) is 59.2 Å². The number of benzene rings is 2. The van der Waals surface area contributed by atoms with Gasteiger partial charge in [0, 0.05) is 5.56 Å². The van der Waals surface area contributed by atoms with Crippen molar-refractivity contribution in [2.45, 2.75) is 43.9 Å². The second-order valence-corrected chi connectivity index (χ2v) is 12.3. The third-order valence-corrected chi connectivity index (χ3v) is 8.09. The van der Waals surface area contributed by atoms with Gasteiger partial charge in [-0.3, -0.25) is 18.6 Å². The van der Waals surface area contributed by atoms with Crippen molar-refractivity contribution >= 4 is 49.7 Å². The van der Waals surface area contributed by atoms with Crippen LogP contribution in [0, 0.1) is 5.92 Å². The van der Waals surface area contributed by atoms with Gasteiger partial charge in [0.25, 0.3) is 10.2 Å². The molecular weight excluding hydrogens is 492 g/mol. The number of nitrogens with zero attached hydrogens (tertiary/aromatic N) is 1. The second-order valence-electron chi connectivity index (χ2n) is 9.30. The van der Waals surface area contributed by atoms with Gasteiger partial charge in [-0.05, 0) is 49.4 Å². The van der Waals surface area contributed by atoms with Crippen LogP contribution in [-0.4, -0.2) is 34.2 Å². The van der Waals surface area contributed by atoms with E-state index in [1.807, 2.05) is 19.1 Å². The SMILES string of the molecule is CC(C)CC[C@]1(C)C(=O)C(C2=NS(O)(O)c3cc(NS(N)(=O)=O)ccc3N2)=C(O)c2ccccc21. The fraction of sp³-hybridized carbons (Fsp3) is 0.304. The predicted molar refractivity (Wildman–Crippen MR) is 138 cm³/mol. The van der Waals surface area contributed by atoms with Crippen molar-refractivity contribution in [1.29, 1.82) is 0 Å². The molecule has 0 amide bonds. The molecule has 188 valence electrons. The molecule has 0 aromatic heterocycles. The van der Waals surface area contributed by atoms with E-state index in [-0.39, 0.29) is 39.2 Å². The summed E-state index contributed by atoms with van der Waals surface area (Å²) < 4.78 is 50.4. The predicted octanol–water partition coefficient (Wildman–Crippen LogP) is 4.40. The highest BCUT2D eigenvalue weighted by Gasteiger charge is 2.46. The van der Waals surface area contributed by atoms with Gasteiger partial charge in [0.15, 0.2) is 11.6 Å². The quantitative estimate of drug-likeness (QED) is 0.327. The van der Waals surface area contributed by atoms with Gasteiger partial charge in [-0.1, -0.05) is 48.9 Å². The summed E-state index contributed by atoms with van der Waals surface area (Å²) in [4.78, 5) is 13.8. The molecule has 0 spiro atoms. The van der Waals surface area contributed by atoms with Crippen LogP contribution in [0.4, 0.5) is 11.4 Å². The maximum absolute atomic E-state index is 13.9. The molecule has 2 aliphatic rings. The number of Topliss-reactive ketones (excluding diaryl/α,β-unsaturated/α-hetero) is 1. The van der Waals surface area contributed by atoms with Crippen molar-refractivity contribution in [1.82, 2.24) is 0 Å². The van der Waals surface area contributed by atoms with Crippen LogP contribution in [0.5, 0.6) is 0 Å². The number of carbonyl (C=O) groups is 1. The minimum absolute atomic E-state index is 0.0117. The number of hydrogen-bond acceptors (Lipinski definition) is 8. The molecule has 12 heteroatoms. The van der Waals surface area contributed by atoms with Gasteiger partial charge in [-0.15, -0.1) is 4.40 Å². The third kappa shape index (κ3) is 4.67. The van der Waals surface area contributed by atoms with E-state index >= 15 is 0 Å². The topological polar surface area (TPSA) is 174 Å². The Morgan fingerprint density at radius 2 is 1.89 bits per heavy atom. The maximum atomic E-state index is 13.9. The molecule has 1 heterocycles. The van der Waals surface area contributed by atoms with Crippen LogP contribution in [0.25, 0.3) is 5.76 Å². The molecule has 0 radical (unpaired) electrons. The number of aliphatic hydroxyl groups excluding tert-OH is 1. The first-order valence-electron chi connectivity index (χ1n) is 10.9. The summed E-state index contributed by atoms with van der Waals surface area (Å²) in [5.41, 5.74) is 0.302. The zero-order valence-electron chi connectivity index (χ0n) is 19.4. The van der Waals surface area contributed by atoms with E-state index in [1.54, 1.807) is 12.1 Å². The summed E-state index contributed by atoms with van der Waals surface area (Å²) in [5, 5.41) is 19.0. The molecule has 7 N–H and O–H groups in total. The summed E-state index contributed by atoms with van der Waals surface area (Å²) >= 11 is 0. The Morgan fingerprint density at radius 3 is 2.54 bits per heavy atom. The van der Waals surface area contributed by atoms with Gasteiger partial charge in [0.2, 0.25) is 0 Å². The monoisotopic (exact) mass is 520 g/mol. The first kappa shape index (κ1) is 25.2. The summed E-state index contributed by atoms with van der Waals surface area (Å²) in [6.07, 6.45) is 1.29. The molecule has 0 saturated carbocycles. The number of ketones is 1. The van der Waals surface area contributed by atoms with E-state index in [2.05, 4.69) is 28.3 Å². The van der Waals surface area contributed by atoms with Gasteiger partial charge in [-0.25, -0.2) is 5.14 Å². The molecule has 0 bridgehead atoms. The second kappa shape index (κ2) is 8.64. The third-order valence-electron chi connectivity index (χ3n) is 6.21. The number of nitrogens with one attached hydrogen (secondary N) is 2. The van der Waals surface area contributed by atoms with Crippen molar-refractivity contribution in [2.24, 2.45) is 15.5 Å². The van der Waals surface area contributed by atoms with Crippen LogP contribution in [0.3, 0.4) is 0 Å². The van der Waals surface area contributed by atoms with Gasteiger partial charge in [-0.2, -0.15) is 8.42 Å². The molecule has 0 saturated heterocycles. The number of hydrogen-bond donors (Lipinski definition) is 6. The molecule has 1 atom stereocenters. The average molecular weight is 521 g/mol. The number of anilines is 2. The van der Waals surface area contributed by atoms with Crippen molar-refractivity contribution in [2.75, 3.05) is 10.0 Å². The zero-order chi connectivity index (χ0) is 25.8. The molecule has 1 aliphatic carbocycles. The Bertz CT molecular complexity index is 1380. The summed E-state index contributed by atoms with van der Waals surface area (Å²) in [7, 11) is -7.94. The Balaban J connectivity index is 1.82. The normalized spacial score (nSPS) is 22.1. The van der Waals surface area contributed by atoms with Crippen molar-refractivity contribution < 1.29 is 27.4 Å². The zero-order valence-corrected chi connectivity index (χ0v) is 21.1. The lowest BCUT2D eigenvalue weighted by atomic mass is 9.66. The highest BCUT2D eigenvalue weighted by atomic mass is 32.3. The Morgan fingerprint density at radius 1 is 1.20 bits per heavy atom. The highest BCUT2D eigenvalue weighted by molar-refractivity contribution is 8.23. The number of nitrogens with two attached hydrogens (primary N) is 1. The van der Waals surface area contributed by atoms with Crippen LogP contribution < -0.4 is 15.2 Å². The van der Waals surface area contributed by atoms with Gasteiger partial charge < -0.3 is 10.4 Å². The maximum Gasteiger partial charge on any atom is 0.296 e. The molecule has 1 aliphatic heterocycles. The van der Waals surface area contributed by atoms with E-state index in [0.29, 0.717) is 23.5 Å². The standard InChI is InChI=1S/C23H28N4O6S2/c1-13(2)10-11-23(3)16-7-5-4-6-15(16)20(28)19(21(23)29)22-25-17-9-8-14(26-35(24,32)33)12-18(17)34(30,31)27-22/h4-9,12-13,26,28,30-31H,10-11H2,1-3H3,(H,25,27)(H2,24,32,33)/t23-/m0/s1. The van der Waals surface area contributed by atoms with Crippen molar-refractivity contribution in [3.8, 4) is 0 Å². The average Bonchev–Trinajstić information content (AvgIpc) is 2.76. The smallest absolute Gasteiger partial charge is 0.296 e. The summed E-state index contributed by atoms with van der Waals surface area (Å²) in [5.74, 6) is -0.506. The van der Waals surface area contributed by atoms with Crippen LogP contribution in [0.1, 0.15) is 44.7 Å². The molecule has 10 nitrogen and oxygen atoms in total. The summed E-state index contributed by atoms with van der Waals surface area (Å²) in [6.45, 7) is 5.95. The first-order valence-corrected chi connectivity index (χ1v) is 14.0. The van der Waals surface area contributed by atoms with Crippen molar-refractivity contribution in [3.63, 3.8) is 0 Å². The fourth-order valence-corrected chi connectivity index (χ4v) is 6.02. The Kier molecular flexibility index (Phi) is 6.22. The molecule has 4 rings (SSSR count).